The quantitative estimate of drug-likeness (QED) is 0.856. The van der Waals surface area contributed by atoms with E-state index >= 15 is 0 Å². The van der Waals surface area contributed by atoms with Gasteiger partial charge >= 0.3 is 0 Å². The number of hydrogen-bond acceptors (Lipinski definition) is 6. The molecule has 1 saturated heterocycles. The lowest BCUT2D eigenvalue weighted by Crippen LogP contribution is -2.19. The maximum atomic E-state index is 9.93. The van der Waals surface area contributed by atoms with Crippen molar-refractivity contribution in [2.24, 2.45) is 0 Å². The molecular weight excluding hydrogens is 246 g/mol. The molecule has 2 N–H and O–H groups in total. The zero-order valence-electron chi connectivity index (χ0n) is 10.9. The normalized spacial score (nSPS) is 27.0. The van der Waals surface area contributed by atoms with Crippen molar-refractivity contribution in [3.8, 4) is 0 Å². The molecule has 0 aromatic carbocycles. The fourth-order valence-electron chi connectivity index (χ4n) is 2.50. The molecule has 1 aliphatic rings. The number of aliphatic hydroxyl groups excluding tert-OH is 1. The van der Waals surface area contributed by atoms with E-state index in [1.807, 2.05) is 11.5 Å². The Morgan fingerprint density at radius 2 is 2.32 bits per heavy atom. The van der Waals surface area contributed by atoms with Crippen LogP contribution in [0.5, 0.6) is 0 Å². The maximum absolute atomic E-state index is 9.93. The summed E-state index contributed by atoms with van der Waals surface area (Å²) in [7, 11) is 1.80. The van der Waals surface area contributed by atoms with Crippen molar-refractivity contribution in [3.63, 3.8) is 0 Å². The number of fused-ring (bicyclic) bond motifs is 1. The fourth-order valence-corrected chi connectivity index (χ4v) is 2.50. The summed E-state index contributed by atoms with van der Waals surface area (Å²) in [5, 5.41) is 12.9. The average molecular weight is 263 g/mol. The molecule has 0 bridgehead atoms. The molecule has 7 heteroatoms. The first kappa shape index (κ1) is 12.3. The zero-order chi connectivity index (χ0) is 13.4. The highest BCUT2D eigenvalue weighted by atomic mass is 16.5. The molecule has 102 valence electrons. The molecule has 0 amide bonds. The smallest absolute Gasteiger partial charge is 0.167 e. The van der Waals surface area contributed by atoms with E-state index in [1.54, 1.807) is 13.4 Å². The van der Waals surface area contributed by atoms with Crippen LogP contribution in [0.15, 0.2) is 12.7 Å². The summed E-state index contributed by atoms with van der Waals surface area (Å²) in [4.78, 5) is 12.7. The molecule has 3 atom stereocenters. The van der Waals surface area contributed by atoms with Gasteiger partial charge in [-0.05, 0) is 6.42 Å². The molecule has 1 fully saturated rings. The van der Waals surface area contributed by atoms with Crippen LogP contribution in [-0.4, -0.2) is 43.9 Å². The van der Waals surface area contributed by atoms with Gasteiger partial charge in [0.2, 0.25) is 0 Å². The number of nitrogens with one attached hydrogen (secondary N) is 1. The molecule has 0 saturated carbocycles. The number of imidazole rings is 1. The number of nitrogens with zero attached hydrogens (tertiary/aromatic N) is 4. The summed E-state index contributed by atoms with van der Waals surface area (Å²) >= 11 is 0. The number of hydrogen-bond donors (Lipinski definition) is 2. The predicted molar refractivity (Wildman–Crippen MR) is 69.7 cm³/mol. The number of ether oxygens (including phenoxy) is 1. The lowest BCUT2D eigenvalue weighted by molar-refractivity contribution is -0.0183. The summed E-state index contributed by atoms with van der Waals surface area (Å²) in [6.45, 7) is 2.00. The van der Waals surface area contributed by atoms with E-state index in [2.05, 4.69) is 20.3 Å². The second kappa shape index (κ2) is 4.75. The van der Waals surface area contributed by atoms with Crippen molar-refractivity contribution in [1.82, 2.24) is 19.5 Å². The lowest BCUT2D eigenvalue weighted by atomic mass is 10.1. The van der Waals surface area contributed by atoms with Crippen molar-refractivity contribution in [2.45, 2.75) is 38.2 Å². The highest BCUT2D eigenvalue weighted by Gasteiger charge is 2.34. The van der Waals surface area contributed by atoms with Gasteiger partial charge in [0.1, 0.15) is 18.1 Å². The Morgan fingerprint density at radius 3 is 3.00 bits per heavy atom. The largest absolute Gasteiger partial charge is 0.390 e. The monoisotopic (exact) mass is 263 g/mol. The lowest BCUT2D eigenvalue weighted by Gasteiger charge is -2.13. The van der Waals surface area contributed by atoms with Crippen LogP contribution in [0.1, 0.15) is 26.0 Å². The van der Waals surface area contributed by atoms with Crippen LogP contribution in [0.4, 0.5) is 5.82 Å². The van der Waals surface area contributed by atoms with Crippen LogP contribution in [-0.2, 0) is 4.74 Å². The molecule has 2 aromatic rings. The van der Waals surface area contributed by atoms with Crippen molar-refractivity contribution in [1.29, 1.82) is 0 Å². The standard InChI is InChI=1S/C12H17N5O2/c1-3-8-7(18)4-9(19-8)17-6-16-10-11(13-2)14-5-15-12(10)17/h5-9,18H,3-4H2,1-2H3,(H,13,14,15). The van der Waals surface area contributed by atoms with E-state index in [9.17, 15) is 5.11 Å². The third-order valence-corrected chi connectivity index (χ3v) is 3.51. The molecule has 19 heavy (non-hydrogen) atoms. The highest BCUT2D eigenvalue weighted by molar-refractivity contribution is 5.82. The molecule has 3 rings (SSSR count). The van der Waals surface area contributed by atoms with Gasteiger partial charge in [-0.15, -0.1) is 0 Å². The van der Waals surface area contributed by atoms with Crippen LogP contribution < -0.4 is 5.32 Å². The topological polar surface area (TPSA) is 85.1 Å². The molecule has 0 aliphatic carbocycles. The Hall–Kier alpha value is -1.73. The third-order valence-electron chi connectivity index (χ3n) is 3.51. The summed E-state index contributed by atoms with van der Waals surface area (Å²) < 4.78 is 7.70. The van der Waals surface area contributed by atoms with E-state index in [1.165, 1.54) is 6.33 Å². The van der Waals surface area contributed by atoms with Gasteiger partial charge in [0.05, 0.1) is 18.5 Å². The Bertz CT molecular complexity index is 585. The number of anilines is 1. The summed E-state index contributed by atoms with van der Waals surface area (Å²) in [5.41, 5.74) is 1.43. The first-order valence-electron chi connectivity index (χ1n) is 6.43. The van der Waals surface area contributed by atoms with Crippen LogP contribution in [0, 0.1) is 0 Å². The van der Waals surface area contributed by atoms with Gasteiger partial charge in [-0.1, -0.05) is 6.92 Å². The maximum Gasteiger partial charge on any atom is 0.167 e. The van der Waals surface area contributed by atoms with Crippen LogP contribution in [0.2, 0.25) is 0 Å². The second-order valence-electron chi connectivity index (χ2n) is 4.64. The van der Waals surface area contributed by atoms with E-state index in [0.29, 0.717) is 23.4 Å². The van der Waals surface area contributed by atoms with Gasteiger partial charge in [-0.25, -0.2) is 15.0 Å². The van der Waals surface area contributed by atoms with Crippen LogP contribution in [0.25, 0.3) is 11.2 Å². The first-order chi connectivity index (χ1) is 9.24. The molecule has 3 unspecified atom stereocenters. The second-order valence-corrected chi connectivity index (χ2v) is 4.64. The Balaban J connectivity index is 1.98. The van der Waals surface area contributed by atoms with Crippen molar-refractivity contribution in [3.05, 3.63) is 12.7 Å². The fraction of sp³-hybridized carbons (Fsp3) is 0.583. The van der Waals surface area contributed by atoms with Crippen LogP contribution in [0.3, 0.4) is 0 Å². The van der Waals surface area contributed by atoms with Gasteiger partial charge in [0.25, 0.3) is 0 Å². The molecule has 3 heterocycles. The van der Waals surface area contributed by atoms with Crippen molar-refractivity contribution >= 4 is 17.0 Å². The van der Waals surface area contributed by atoms with Crippen LogP contribution >= 0.6 is 0 Å². The highest BCUT2D eigenvalue weighted by Crippen LogP contribution is 2.32. The summed E-state index contributed by atoms with van der Waals surface area (Å²) in [5.74, 6) is 0.689. The van der Waals surface area contributed by atoms with E-state index in [-0.39, 0.29) is 12.3 Å². The Labute approximate surface area is 110 Å². The SMILES string of the molecule is CCC1OC(n2cnc3c(NC)ncnc32)CC1O. The third kappa shape index (κ3) is 1.95. The number of rotatable bonds is 3. The first-order valence-corrected chi connectivity index (χ1v) is 6.43. The number of aliphatic hydroxyl groups is 1. The van der Waals surface area contributed by atoms with Gasteiger partial charge in [-0.3, -0.25) is 4.57 Å². The van der Waals surface area contributed by atoms with Gasteiger partial charge in [0.15, 0.2) is 11.5 Å². The summed E-state index contributed by atoms with van der Waals surface area (Å²) in [6, 6.07) is 0. The summed E-state index contributed by atoms with van der Waals surface area (Å²) in [6.07, 6.45) is 3.77. The minimum atomic E-state index is -0.432. The van der Waals surface area contributed by atoms with Crippen molar-refractivity contribution < 1.29 is 9.84 Å². The van der Waals surface area contributed by atoms with E-state index in [4.69, 9.17) is 4.74 Å². The minimum absolute atomic E-state index is 0.118. The minimum Gasteiger partial charge on any atom is -0.390 e. The van der Waals surface area contributed by atoms with Crippen molar-refractivity contribution in [2.75, 3.05) is 12.4 Å². The Morgan fingerprint density at radius 1 is 1.47 bits per heavy atom. The molecule has 1 aliphatic heterocycles. The zero-order valence-corrected chi connectivity index (χ0v) is 10.9. The number of aromatic nitrogens is 4. The van der Waals surface area contributed by atoms with Gasteiger partial charge in [0, 0.05) is 13.5 Å². The van der Waals surface area contributed by atoms with Gasteiger partial charge in [-0.2, -0.15) is 0 Å². The molecule has 0 radical (unpaired) electrons. The Kier molecular flexibility index (Phi) is 3.08. The predicted octanol–water partition coefficient (Wildman–Crippen LogP) is 0.926. The average Bonchev–Trinajstić information content (AvgIpc) is 3.01. The molecule has 2 aromatic heterocycles. The molecule has 7 nitrogen and oxygen atoms in total. The van der Waals surface area contributed by atoms with E-state index < -0.39 is 6.10 Å². The van der Waals surface area contributed by atoms with Gasteiger partial charge < -0.3 is 15.2 Å². The molecule has 0 spiro atoms. The van der Waals surface area contributed by atoms with E-state index in [0.717, 1.165) is 6.42 Å². The molecular formula is C12H17N5O2.